The van der Waals surface area contributed by atoms with Crippen molar-refractivity contribution >= 4 is 52.9 Å². The minimum atomic E-state index is -0.661. The fourth-order valence-corrected chi connectivity index (χ4v) is 6.96. The van der Waals surface area contributed by atoms with Crippen LogP contribution in [0.15, 0.2) is 59.1 Å². The van der Waals surface area contributed by atoms with Crippen molar-refractivity contribution in [1.29, 1.82) is 0 Å². The van der Waals surface area contributed by atoms with Gasteiger partial charge in [0.15, 0.2) is 0 Å². The Morgan fingerprint density at radius 2 is 1.56 bits per heavy atom. The fraction of sp³-hybridized carbons (Fsp3) is 0.393. The molecule has 1 saturated heterocycles. The van der Waals surface area contributed by atoms with E-state index in [1.807, 2.05) is 13.8 Å². The molecule has 2 aromatic rings. The molecule has 15 heteroatoms. The van der Waals surface area contributed by atoms with Gasteiger partial charge in [0.1, 0.15) is 18.9 Å². The first-order chi connectivity index (χ1) is 20.6. The van der Waals surface area contributed by atoms with E-state index in [-0.39, 0.29) is 59.9 Å². The first kappa shape index (κ1) is 31.8. The number of nitro groups is 2. The maximum absolute atomic E-state index is 13.2. The van der Waals surface area contributed by atoms with E-state index in [2.05, 4.69) is 5.32 Å². The van der Waals surface area contributed by atoms with Crippen LogP contribution in [0.4, 0.5) is 16.2 Å². The highest BCUT2D eigenvalue weighted by Crippen LogP contribution is 2.49. The lowest BCUT2D eigenvalue weighted by molar-refractivity contribution is -0.385. The summed E-state index contributed by atoms with van der Waals surface area (Å²) in [7, 11) is 0. The van der Waals surface area contributed by atoms with Crippen molar-refractivity contribution in [3.8, 4) is 0 Å². The number of β-lactam (4-membered cyclic amide) rings is 1. The minimum absolute atomic E-state index is 0.0546. The molecule has 1 N–H and O–H groups in total. The smallest absolute Gasteiger partial charge is 0.407 e. The summed E-state index contributed by atoms with van der Waals surface area (Å²) >= 11 is 3.04. The van der Waals surface area contributed by atoms with Crippen LogP contribution < -0.4 is 5.32 Å². The molecule has 3 atom stereocenters. The zero-order valence-corrected chi connectivity index (χ0v) is 25.1. The minimum Gasteiger partial charge on any atom is -0.456 e. The summed E-state index contributed by atoms with van der Waals surface area (Å²) in [6.45, 7) is 4.10. The number of benzene rings is 2. The van der Waals surface area contributed by atoms with E-state index in [0.29, 0.717) is 28.2 Å². The third-order valence-corrected chi connectivity index (χ3v) is 9.25. The SMILES string of the molecule is CCS[C@@H](C)[C@H]1C(=O)N2C(C(=O)OCc3ccc([N+](=O)[O-])cc3)=C(SCCNC(=O)OCc3ccc([N+](=O)[O-])cc3)C[C@H]12. The van der Waals surface area contributed by atoms with Crippen LogP contribution >= 0.6 is 23.5 Å². The number of carbonyl (C=O) groups excluding carboxylic acids is 3. The second-order valence-corrected chi connectivity index (χ2v) is 12.6. The second-order valence-electron chi connectivity index (χ2n) is 9.71. The van der Waals surface area contributed by atoms with Gasteiger partial charge in [-0.25, -0.2) is 9.59 Å². The van der Waals surface area contributed by atoms with Crippen molar-refractivity contribution in [3.05, 3.63) is 90.5 Å². The van der Waals surface area contributed by atoms with Crippen molar-refractivity contribution in [2.24, 2.45) is 5.92 Å². The molecule has 2 aromatic carbocycles. The summed E-state index contributed by atoms with van der Waals surface area (Å²) in [6.07, 6.45) is -0.158. The number of carbonyl (C=O) groups is 3. The number of amides is 2. The molecule has 2 aliphatic rings. The molecular formula is C28H30N4O9S2. The van der Waals surface area contributed by atoms with Gasteiger partial charge >= 0.3 is 12.1 Å². The number of fused-ring (bicyclic) bond motifs is 1. The van der Waals surface area contributed by atoms with Gasteiger partial charge in [0, 0.05) is 53.1 Å². The number of nitro benzene ring substituents is 2. The highest BCUT2D eigenvalue weighted by Gasteiger charge is 2.57. The highest BCUT2D eigenvalue weighted by molar-refractivity contribution is 8.03. The van der Waals surface area contributed by atoms with E-state index >= 15 is 0 Å². The van der Waals surface area contributed by atoms with Gasteiger partial charge in [-0.15, -0.1) is 11.8 Å². The van der Waals surface area contributed by atoms with Crippen LogP contribution in [-0.2, 0) is 32.3 Å². The maximum atomic E-state index is 13.2. The Bertz CT molecular complexity index is 1420. The molecule has 2 amide bonds. The number of thioether (sulfide) groups is 2. The van der Waals surface area contributed by atoms with Crippen LogP contribution in [0.1, 0.15) is 31.4 Å². The molecular weight excluding hydrogens is 600 g/mol. The zero-order chi connectivity index (χ0) is 31.1. The fourth-order valence-electron chi connectivity index (χ4n) is 4.87. The molecule has 0 bridgehead atoms. The normalized spacial score (nSPS) is 18.0. The van der Waals surface area contributed by atoms with E-state index in [0.717, 1.165) is 5.75 Å². The monoisotopic (exact) mass is 630 g/mol. The molecule has 2 aliphatic heterocycles. The Balaban J connectivity index is 1.34. The number of rotatable bonds is 14. The summed E-state index contributed by atoms with van der Waals surface area (Å²) < 4.78 is 10.7. The van der Waals surface area contributed by atoms with E-state index in [9.17, 15) is 34.6 Å². The molecule has 43 heavy (non-hydrogen) atoms. The highest BCUT2D eigenvalue weighted by atomic mass is 32.2. The predicted molar refractivity (Wildman–Crippen MR) is 160 cm³/mol. The number of hydrogen-bond acceptors (Lipinski definition) is 11. The third-order valence-electron chi connectivity index (χ3n) is 6.98. The Morgan fingerprint density at radius 1 is 1.00 bits per heavy atom. The molecule has 0 unspecified atom stereocenters. The zero-order valence-electron chi connectivity index (χ0n) is 23.4. The summed E-state index contributed by atoms with van der Waals surface area (Å²) in [5.41, 5.74) is 1.24. The molecule has 0 spiro atoms. The first-order valence-corrected chi connectivity index (χ1v) is 15.5. The van der Waals surface area contributed by atoms with Crippen molar-refractivity contribution in [3.63, 3.8) is 0 Å². The van der Waals surface area contributed by atoms with Crippen LogP contribution in [0.25, 0.3) is 0 Å². The summed E-state index contributed by atoms with van der Waals surface area (Å²) in [6, 6.07) is 11.2. The molecule has 4 rings (SSSR count). The van der Waals surface area contributed by atoms with Gasteiger partial charge < -0.3 is 19.7 Å². The van der Waals surface area contributed by atoms with Crippen LogP contribution in [0.3, 0.4) is 0 Å². The molecule has 228 valence electrons. The number of nitrogens with zero attached hydrogens (tertiary/aromatic N) is 3. The summed E-state index contributed by atoms with van der Waals surface area (Å²) in [5.74, 6) is 0.279. The van der Waals surface area contributed by atoms with Gasteiger partial charge in [-0.3, -0.25) is 25.0 Å². The molecule has 1 fully saturated rings. The van der Waals surface area contributed by atoms with Crippen molar-refractivity contribution in [2.75, 3.05) is 18.1 Å². The van der Waals surface area contributed by atoms with Crippen LogP contribution in [0.5, 0.6) is 0 Å². The lowest BCUT2D eigenvalue weighted by Gasteiger charge is -2.46. The number of ether oxygens (including phenoxy) is 2. The topological polar surface area (TPSA) is 171 Å². The standard InChI is InChI=1S/C28H30N4O9S2/c1-3-42-17(2)24-22-14-23(43-13-12-29-28(35)41-16-19-6-10-21(11-7-19)32(38)39)25(30(22)26(24)33)27(34)40-15-18-4-8-20(9-5-18)31(36)37/h4-11,17,22,24H,3,12-16H2,1-2H3,(H,29,35)/t17-,22+,24+/m0/s1. The third kappa shape index (κ3) is 7.65. The number of hydrogen-bond donors (Lipinski definition) is 1. The molecule has 0 radical (unpaired) electrons. The van der Waals surface area contributed by atoms with E-state index in [1.165, 1.54) is 65.2 Å². The Morgan fingerprint density at radius 3 is 2.09 bits per heavy atom. The Labute approximate surface area is 255 Å². The Kier molecular flexibility index (Phi) is 10.6. The van der Waals surface area contributed by atoms with Gasteiger partial charge in [-0.1, -0.05) is 13.8 Å². The van der Waals surface area contributed by atoms with Gasteiger partial charge in [0.05, 0.1) is 21.8 Å². The second kappa shape index (κ2) is 14.4. The lowest BCUT2D eigenvalue weighted by Crippen LogP contribution is -2.61. The Hall–Kier alpha value is -4.11. The van der Waals surface area contributed by atoms with Gasteiger partial charge in [-0.2, -0.15) is 11.8 Å². The van der Waals surface area contributed by atoms with Crippen molar-refractivity contribution in [1.82, 2.24) is 10.2 Å². The molecule has 0 aromatic heterocycles. The van der Waals surface area contributed by atoms with Crippen LogP contribution in [0.2, 0.25) is 0 Å². The first-order valence-electron chi connectivity index (χ1n) is 13.5. The number of nitrogens with one attached hydrogen (secondary N) is 1. The molecule has 2 heterocycles. The van der Waals surface area contributed by atoms with E-state index in [1.54, 1.807) is 11.8 Å². The number of esters is 1. The van der Waals surface area contributed by atoms with Gasteiger partial charge in [-0.05, 0) is 41.1 Å². The average molecular weight is 631 g/mol. The molecule has 0 saturated carbocycles. The summed E-state index contributed by atoms with van der Waals surface area (Å²) in [4.78, 5) is 61.4. The van der Waals surface area contributed by atoms with Gasteiger partial charge in [0.25, 0.3) is 11.4 Å². The quantitative estimate of drug-likeness (QED) is 0.100. The van der Waals surface area contributed by atoms with Gasteiger partial charge in [0.2, 0.25) is 5.91 Å². The molecule has 0 aliphatic carbocycles. The predicted octanol–water partition coefficient (Wildman–Crippen LogP) is 4.79. The van der Waals surface area contributed by atoms with Crippen molar-refractivity contribution < 1.29 is 33.7 Å². The van der Waals surface area contributed by atoms with E-state index in [4.69, 9.17) is 9.47 Å². The van der Waals surface area contributed by atoms with Crippen LogP contribution in [0, 0.1) is 26.1 Å². The molecule has 13 nitrogen and oxygen atoms in total. The average Bonchev–Trinajstić information content (AvgIpc) is 3.31. The van der Waals surface area contributed by atoms with Crippen LogP contribution in [-0.4, -0.2) is 62.1 Å². The summed E-state index contributed by atoms with van der Waals surface area (Å²) in [5, 5.41) is 24.4. The van der Waals surface area contributed by atoms with E-state index < -0.39 is 21.9 Å². The van der Waals surface area contributed by atoms with Crippen molar-refractivity contribution in [2.45, 2.75) is 44.8 Å². The number of non-ortho nitro benzene ring substituents is 2. The maximum Gasteiger partial charge on any atom is 0.407 e. The number of alkyl carbamates (subject to hydrolysis) is 1. The lowest BCUT2D eigenvalue weighted by atomic mass is 9.85. The largest absolute Gasteiger partial charge is 0.456 e.